The zero-order valence-electron chi connectivity index (χ0n) is 13.7. The van der Waals surface area contributed by atoms with Gasteiger partial charge in [-0.05, 0) is 48.5 Å². The molecule has 2 N–H and O–H groups in total. The highest BCUT2D eigenvalue weighted by Crippen LogP contribution is 2.31. The van der Waals surface area contributed by atoms with Crippen molar-refractivity contribution in [3.8, 4) is 11.3 Å². The van der Waals surface area contributed by atoms with Crippen LogP contribution in [-0.4, -0.2) is 17.3 Å². The first-order valence-corrected chi connectivity index (χ1v) is 7.68. The molecule has 0 saturated heterocycles. The third kappa shape index (κ3) is 3.50. The van der Waals surface area contributed by atoms with Crippen molar-refractivity contribution < 1.29 is 22.8 Å². The van der Waals surface area contributed by atoms with Crippen LogP contribution in [0.5, 0.6) is 0 Å². The van der Waals surface area contributed by atoms with Gasteiger partial charge in [0.25, 0.3) is 0 Å². The first-order chi connectivity index (χ1) is 12.9. The maximum Gasteiger partial charge on any atom is 0.325 e. The Labute approximate surface area is 151 Å². The van der Waals surface area contributed by atoms with Gasteiger partial charge in [-0.3, -0.25) is 4.79 Å². The molecular formula is C19H12F3N3O2. The molecule has 0 aliphatic carbocycles. The van der Waals surface area contributed by atoms with E-state index in [4.69, 9.17) is 5.73 Å². The van der Waals surface area contributed by atoms with E-state index in [-0.39, 0.29) is 17.1 Å². The largest absolute Gasteiger partial charge is 0.351 e. The highest BCUT2D eigenvalue weighted by molar-refractivity contribution is 5.98. The van der Waals surface area contributed by atoms with Crippen molar-refractivity contribution in [2.24, 2.45) is 5.73 Å². The summed E-state index contributed by atoms with van der Waals surface area (Å²) in [5.74, 6) is -2.72. The molecule has 27 heavy (non-hydrogen) atoms. The normalized spacial score (nSPS) is 10.5. The number of hydrogen-bond donors (Lipinski definition) is 1. The third-order valence-electron chi connectivity index (χ3n) is 3.77. The number of aromatic nitrogens is 1. The van der Waals surface area contributed by atoms with Crippen LogP contribution in [0.4, 0.5) is 29.5 Å². The van der Waals surface area contributed by atoms with E-state index in [0.717, 1.165) is 18.2 Å². The summed E-state index contributed by atoms with van der Waals surface area (Å²) in [4.78, 5) is 28.0. The summed E-state index contributed by atoms with van der Waals surface area (Å²) in [7, 11) is 0. The molecule has 0 unspecified atom stereocenters. The molecule has 3 aromatic rings. The number of amides is 2. The van der Waals surface area contributed by atoms with Gasteiger partial charge in [-0.25, -0.2) is 27.8 Å². The smallest absolute Gasteiger partial charge is 0.325 e. The van der Waals surface area contributed by atoms with Gasteiger partial charge < -0.3 is 5.73 Å². The number of rotatable bonds is 4. The minimum absolute atomic E-state index is 0.102. The fraction of sp³-hybridized carbons (Fsp3) is 0. The molecule has 0 spiro atoms. The Bertz CT molecular complexity index is 1000. The predicted molar refractivity (Wildman–Crippen MR) is 93.1 cm³/mol. The Morgan fingerprint density at radius 3 is 2.15 bits per heavy atom. The second-order valence-electron chi connectivity index (χ2n) is 5.48. The zero-order valence-corrected chi connectivity index (χ0v) is 13.7. The number of aldehydes is 1. The molecule has 3 rings (SSSR count). The van der Waals surface area contributed by atoms with E-state index in [9.17, 15) is 22.8 Å². The van der Waals surface area contributed by atoms with Gasteiger partial charge in [0.2, 0.25) is 0 Å². The van der Waals surface area contributed by atoms with Crippen LogP contribution in [0.25, 0.3) is 11.3 Å². The lowest BCUT2D eigenvalue weighted by atomic mass is 10.1. The molecule has 136 valence electrons. The van der Waals surface area contributed by atoms with Crippen LogP contribution in [0.3, 0.4) is 0 Å². The maximum absolute atomic E-state index is 14.1. The molecule has 8 heteroatoms. The number of carbonyl (C=O) groups is 2. The van der Waals surface area contributed by atoms with Gasteiger partial charge in [-0.15, -0.1) is 0 Å². The summed E-state index contributed by atoms with van der Waals surface area (Å²) in [5.41, 5.74) is 5.24. The van der Waals surface area contributed by atoms with Crippen LogP contribution in [0.2, 0.25) is 0 Å². The van der Waals surface area contributed by atoms with Gasteiger partial charge in [0.05, 0.1) is 5.69 Å². The van der Waals surface area contributed by atoms with Gasteiger partial charge in [0.15, 0.2) is 6.29 Å². The molecule has 1 heterocycles. The van der Waals surface area contributed by atoms with Gasteiger partial charge >= 0.3 is 6.03 Å². The van der Waals surface area contributed by atoms with Crippen molar-refractivity contribution >= 4 is 23.8 Å². The fourth-order valence-corrected chi connectivity index (χ4v) is 2.56. The van der Waals surface area contributed by atoms with E-state index in [1.54, 1.807) is 0 Å². The molecule has 0 aliphatic heterocycles. The number of nitrogens with two attached hydrogens (primary N) is 1. The van der Waals surface area contributed by atoms with Crippen LogP contribution in [0.15, 0.2) is 54.6 Å². The SMILES string of the molecule is NC(=O)N(c1ccc(C=O)c(-c2ccc(F)cc2)n1)c1c(F)cccc1F. The molecule has 0 fully saturated rings. The molecule has 0 radical (unpaired) electrons. The summed E-state index contributed by atoms with van der Waals surface area (Å²) in [6, 6.07) is 9.55. The number of primary amides is 1. The van der Waals surface area contributed by atoms with Crippen LogP contribution in [-0.2, 0) is 0 Å². The number of anilines is 2. The number of halogens is 3. The number of carbonyl (C=O) groups excluding carboxylic acids is 2. The van der Waals surface area contributed by atoms with Crippen LogP contribution >= 0.6 is 0 Å². The van der Waals surface area contributed by atoms with Crippen molar-refractivity contribution in [1.29, 1.82) is 0 Å². The van der Waals surface area contributed by atoms with Crippen molar-refractivity contribution in [3.05, 3.63) is 77.6 Å². The van der Waals surface area contributed by atoms with E-state index in [2.05, 4.69) is 4.98 Å². The second-order valence-corrected chi connectivity index (χ2v) is 5.48. The lowest BCUT2D eigenvalue weighted by Crippen LogP contribution is -2.33. The quantitative estimate of drug-likeness (QED) is 0.699. The lowest BCUT2D eigenvalue weighted by molar-refractivity contribution is 0.112. The number of nitrogens with zero attached hydrogens (tertiary/aromatic N) is 2. The second kappa shape index (κ2) is 7.28. The van der Waals surface area contributed by atoms with Gasteiger partial charge in [-0.2, -0.15) is 0 Å². The summed E-state index contributed by atoms with van der Waals surface area (Å²) >= 11 is 0. The first kappa shape index (κ1) is 18.1. The summed E-state index contributed by atoms with van der Waals surface area (Å²) in [6.45, 7) is 0. The van der Waals surface area contributed by atoms with Crippen molar-refractivity contribution in [1.82, 2.24) is 4.98 Å². The molecule has 0 bridgehead atoms. The van der Waals surface area contributed by atoms with E-state index < -0.39 is 29.2 Å². The monoisotopic (exact) mass is 371 g/mol. The number of benzene rings is 2. The van der Waals surface area contributed by atoms with Crippen LogP contribution < -0.4 is 10.6 Å². The van der Waals surface area contributed by atoms with Gasteiger partial charge in [0, 0.05) is 11.1 Å². The van der Waals surface area contributed by atoms with E-state index in [1.807, 2.05) is 0 Å². The maximum atomic E-state index is 14.1. The third-order valence-corrected chi connectivity index (χ3v) is 3.77. The van der Waals surface area contributed by atoms with Crippen LogP contribution in [0, 0.1) is 17.5 Å². The van der Waals surface area contributed by atoms with E-state index in [0.29, 0.717) is 16.7 Å². The minimum atomic E-state index is -1.17. The predicted octanol–water partition coefficient (Wildman–Crippen LogP) is 4.20. The van der Waals surface area contributed by atoms with Gasteiger partial charge in [0.1, 0.15) is 29.0 Å². The average molecular weight is 371 g/mol. The first-order valence-electron chi connectivity index (χ1n) is 7.68. The summed E-state index contributed by atoms with van der Waals surface area (Å²) in [5, 5.41) is 0. The Kier molecular flexibility index (Phi) is 4.89. The summed E-state index contributed by atoms with van der Waals surface area (Å²) < 4.78 is 41.5. The molecular weight excluding hydrogens is 359 g/mol. The fourth-order valence-electron chi connectivity index (χ4n) is 2.56. The molecule has 2 amide bonds. The van der Waals surface area contributed by atoms with Crippen molar-refractivity contribution in [2.45, 2.75) is 0 Å². The Balaban J connectivity index is 2.20. The number of pyridine rings is 1. The molecule has 0 atom stereocenters. The molecule has 0 aliphatic rings. The van der Waals surface area contributed by atoms with E-state index >= 15 is 0 Å². The molecule has 0 saturated carbocycles. The highest BCUT2D eigenvalue weighted by Gasteiger charge is 2.25. The van der Waals surface area contributed by atoms with E-state index in [1.165, 1.54) is 36.4 Å². The Morgan fingerprint density at radius 2 is 1.59 bits per heavy atom. The minimum Gasteiger partial charge on any atom is -0.351 e. The number of para-hydroxylation sites is 1. The highest BCUT2D eigenvalue weighted by atomic mass is 19.1. The van der Waals surface area contributed by atoms with Crippen molar-refractivity contribution in [3.63, 3.8) is 0 Å². The van der Waals surface area contributed by atoms with Crippen molar-refractivity contribution in [2.75, 3.05) is 4.90 Å². The van der Waals surface area contributed by atoms with Gasteiger partial charge in [-0.1, -0.05) is 6.07 Å². The topological polar surface area (TPSA) is 76.3 Å². The lowest BCUT2D eigenvalue weighted by Gasteiger charge is -2.21. The Morgan fingerprint density at radius 1 is 0.963 bits per heavy atom. The zero-order chi connectivity index (χ0) is 19.6. The number of hydrogen-bond acceptors (Lipinski definition) is 3. The summed E-state index contributed by atoms with van der Waals surface area (Å²) in [6.07, 6.45) is 0.522. The average Bonchev–Trinajstić information content (AvgIpc) is 2.65. The number of urea groups is 1. The molecule has 2 aromatic carbocycles. The van der Waals surface area contributed by atoms with Crippen LogP contribution in [0.1, 0.15) is 10.4 Å². The standard InChI is InChI=1S/C19H12F3N3O2/c20-13-7-4-11(5-8-13)17-12(10-26)6-9-16(24-17)25(19(23)27)18-14(21)2-1-3-15(18)22/h1-10H,(H2,23,27). The molecule has 1 aromatic heterocycles. The Hall–Kier alpha value is -3.68. The molecule has 5 nitrogen and oxygen atoms in total.